The highest BCUT2D eigenvalue weighted by molar-refractivity contribution is 7.73. The molecule has 2 fully saturated rings. The molecule has 8 heteroatoms. The fraction of sp³-hybridized carbons (Fsp3) is 0.529. The number of para-hydroxylation sites is 1. The number of ether oxygens (including phenoxy) is 1. The van der Waals surface area contributed by atoms with Gasteiger partial charge in [-0.05, 0) is 43.8 Å². The predicted molar refractivity (Wildman–Crippen MR) is 97.2 cm³/mol. The number of methoxy groups -OCH3 is 1. The SMILES string of the molecule is COc1cccc2c(N3CCC4(CC3)CCN4C[S-](=N)=O)ncnc12. The number of benzene rings is 1. The van der Waals surface area contributed by atoms with Crippen molar-refractivity contribution in [1.29, 1.82) is 4.78 Å². The third-order valence-corrected chi connectivity index (χ3v) is 6.16. The van der Waals surface area contributed by atoms with E-state index in [0.717, 1.165) is 61.4 Å². The van der Waals surface area contributed by atoms with E-state index >= 15 is 0 Å². The molecule has 2 aliphatic rings. The standard InChI is InChI=1S/C17H22N5O2S/c1-24-14-4-2-3-13-15(14)19-11-20-16(13)21-8-5-17(6-9-21)7-10-22(17)12-25(18)23/h2-4,11,18H,5-10,12H2,1H3/q-1. The molecular formula is C17H22N5O2S-. The van der Waals surface area contributed by atoms with E-state index in [4.69, 9.17) is 9.52 Å². The number of hydrogen-bond donors (Lipinski definition) is 1. The van der Waals surface area contributed by atoms with Crippen LogP contribution in [0.3, 0.4) is 0 Å². The Bertz CT molecular complexity index is 853. The highest BCUT2D eigenvalue weighted by Crippen LogP contribution is 2.41. The molecular weight excluding hydrogens is 338 g/mol. The topological polar surface area (TPSA) is 82.4 Å². The molecule has 1 aromatic carbocycles. The third-order valence-electron chi connectivity index (χ3n) is 5.61. The summed E-state index contributed by atoms with van der Waals surface area (Å²) in [6.45, 7) is 2.77. The first-order valence-corrected chi connectivity index (χ1v) is 9.82. The molecule has 1 N–H and O–H groups in total. The molecule has 0 atom stereocenters. The van der Waals surface area contributed by atoms with Gasteiger partial charge >= 0.3 is 0 Å². The van der Waals surface area contributed by atoms with Crippen molar-refractivity contribution < 1.29 is 8.95 Å². The average Bonchev–Trinajstić information content (AvgIpc) is 2.64. The second-order valence-corrected chi connectivity index (χ2v) is 7.70. The van der Waals surface area contributed by atoms with Crippen LogP contribution in [-0.2, 0) is 14.8 Å². The van der Waals surface area contributed by atoms with E-state index in [0.29, 0.717) is 5.88 Å². The van der Waals surface area contributed by atoms with Gasteiger partial charge in [-0.2, -0.15) is 10.6 Å². The first-order valence-electron chi connectivity index (χ1n) is 8.50. The molecule has 134 valence electrons. The normalized spacial score (nSPS) is 20.2. The Balaban J connectivity index is 1.56. The second kappa shape index (κ2) is 6.42. The molecule has 7 nitrogen and oxygen atoms in total. The van der Waals surface area contributed by atoms with Crippen molar-refractivity contribution in [3.63, 3.8) is 0 Å². The molecule has 1 spiro atoms. The van der Waals surface area contributed by atoms with Crippen LogP contribution in [0.5, 0.6) is 5.75 Å². The first kappa shape index (κ1) is 16.5. The summed E-state index contributed by atoms with van der Waals surface area (Å²) in [6, 6.07) is 5.92. The molecule has 3 heterocycles. The first-order chi connectivity index (χ1) is 12.1. The van der Waals surface area contributed by atoms with Crippen molar-refractivity contribution in [2.75, 3.05) is 37.5 Å². The van der Waals surface area contributed by atoms with E-state index in [1.807, 2.05) is 18.2 Å². The van der Waals surface area contributed by atoms with Crippen LogP contribution in [0.15, 0.2) is 24.5 Å². The predicted octanol–water partition coefficient (Wildman–Crippen LogP) is 2.37. The van der Waals surface area contributed by atoms with Gasteiger partial charge in [-0.15, -0.1) is 0 Å². The van der Waals surface area contributed by atoms with Crippen molar-refractivity contribution >= 4 is 27.3 Å². The molecule has 2 aromatic rings. The number of nitrogens with zero attached hydrogens (tertiary/aromatic N) is 4. The maximum absolute atomic E-state index is 11.3. The van der Waals surface area contributed by atoms with Crippen molar-refractivity contribution in [2.24, 2.45) is 0 Å². The Hall–Kier alpha value is -1.93. The molecule has 0 amide bonds. The van der Waals surface area contributed by atoms with Gasteiger partial charge in [-0.1, -0.05) is 6.07 Å². The van der Waals surface area contributed by atoms with E-state index in [1.165, 1.54) is 0 Å². The number of likely N-dealkylation sites (tertiary alicyclic amines) is 1. The molecule has 2 aliphatic heterocycles. The lowest BCUT2D eigenvalue weighted by molar-refractivity contribution is -0.0160. The third kappa shape index (κ3) is 2.83. The minimum absolute atomic E-state index is 0.133. The van der Waals surface area contributed by atoms with Gasteiger partial charge < -0.3 is 23.5 Å². The van der Waals surface area contributed by atoms with Crippen LogP contribution in [0.25, 0.3) is 10.9 Å². The summed E-state index contributed by atoms with van der Waals surface area (Å²) >= 11 is 0. The summed E-state index contributed by atoms with van der Waals surface area (Å²) in [6.07, 6.45) is 4.76. The maximum Gasteiger partial charge on any atom is 0.145 e. The van der Waals surface area contributed by atoms with Gasteiger partial charge in [0.1, 0.15) is 23.4 Å². The summed E-state index contributed by atoms with van der Waals surface area (Å²) < 4.78 is 24.0. The molecule has 0 unspecified atom stereocenters. The Labute approximate surface area is 149 Å². The summed E-state index contributed by atoms with van der Waals surface area (Å²) in [5.41, 5.74) is 0.971. The number of piperidine rings is 1. The van der Waals surface area contributed by atoms with E-state index in [-0.39, 0.29) is 5.54 Å². The fourth-order valence-electron chi connectivity index (χ4n) is 4.09. The maximum atomic E-state index is 11.3. The lowest BCUT2D eigenvalue weighted by atomic mass is 9.77. The monoisotopic (exact) mass is 360 g/mol. The zero-order valence-electron chi connectivity index (χ0n) is 14.3. The van der Waals surface area contributed by atoms with E-state index in [1.54, 1.807) is 13.4 Å². The molecule has 25 heavy (non-hydrogen) atoms. The Kier molecular flexibility index (Phi) is 4.24. The largest absolute Gasteiger partial charge is 0.494 e. The zero-order valence-corrected chi connectivity index (χ0v) is 15.1. The van der Waals surface area contributed by atoms with E-state index in [2.05, 4.69) is 19.8 Å². The lowest BCUT2D eigenvalue weighted by Gasteiger charge is -2.57. The molecule has 0 saturated carbocycles. The minimum Gasteiger partial charge on any atom is -0.494 e. The molecule has 0 aliphatic carbocycles. The molecule has 4 rings (SSSR count). The van der Waals surface area contributed by atoms with Gasteiger partial charge in [0, 0.05) is 24.0 Å². The van der Waals surface area contributed by atoms with Crippen LogP contribution in [0.4, 0.5) is 5.82 Å². The number of fused-ring (bicyclic) bond motifs is 1. The number of anilines is 1. The molecule has 0 bridgehead atoms. The van der Waals surface area contributed by atoms with Crippen molar-refractivity contribution in [3.8, 4) is 5.75 Å². The Morgan fingerprint density at radius 3 is 2.64 bits per heavy atom. The minimum atomic E-state index is -1.51. The fourth-order valence-corrected chi connectivity index (χ4v) is 4.78. The van der Waals surface area contributed by atoms with Gasteiger partial charge in [0.15, 0.2) is 0 Å². The van der Waals surface area contributed by atoms with Crippen molar-refractivity contribution in [1.82, 2.24) is 14.9 Å². The second-order valence-electron chi connectivity index (χ2n) is 6.75. The van der Waals surface area contributed by atoms with Crippen molar-refractivity contribution in [2.45, 2.75) is 24.8 Å². The summed E-state index contributed by atoms with van der Waals surface area (Å²) in [7, 11) is 0.144. The average molecular weight is 360 g/mol. The van der Waals surface area contributed by atoms with E-state index < -0.39 is 10.6 Å². The lowest BCUT2D eigenvalue weighted by Crippen LogP contribution is -2.64. The summed E-state index contributed by atoms with van der Waals surface area (Å²) in [5.74, 6) is 2.08. The van der Waals surface area contributed by atoms with Crippen LogP contribution in [0.2, 0.25) is 0 Å². The molecule has 1 aromatic heterocycles. The smallest absolute Gasteiger partial charge is 0.145 e. The molecule has 0 radical (unpaired) electrons. The molecule has 2 saturated heterocycles. The zero-order chi connectivity index (χ0) is 17.4. The Morgan fingerprint density at radius 1 is 1.24 bits per heavy atom. The van der Waals surface area contributed by atoms with Gasteiger partial charge in [0.25, 0.3) is 0 Å². The van der Waals surface area contributed by atoms with Crippen LogP contribution in [0, 0.1) is 4.78 Å². The van der Waals surface area contributed by atoms with Gasteiger partial charge in [-0.25, -0.2) is 9.97 Å². The highest BCUT2D eigenvalue weighted by atomic mass is 32.2. The van der Waals surface area contributed by atoms with Gasteiger partial charge in [0.05, 0.1) is 7.11 Å². The highest BCUT2D eigenvalue weighted by Gasteiger charge is 2.45. The Morgan fingerprint density at radius 2 is 2.00 bits per heavy atom. The van der Waals surface area contributed by atoms with E-state index in [9.17, 15) is 4.21 Å². The quantitative estimate of drug-likeness (QED) is 0.843. The number of aromatic nitrogens is 2. The summed E-state index contributed by atoms with van der Waals surface area (Å²) in [4.78, 5) is 13.5. The van der Waals surface area contributed by atoms with Crippen LogP contribution < -0.4 is 9.64 Å². The number of rotatable bonds is 4. The van der Waals surface area contributed by atoms with Gasteiger partial charge in [0.2, 0.25) is 0 Å². The number of nitrogens with one attached hydrogen (secondary N) is 1. The van der Waals surface area contributed by atoms with Crippen LogP contribution >= 0.6 is 0 Å². The van der Waals surface area contributed by atoms with Crippen LogP contribution in [-0.4, -0.2) is 53.0 Å². The van der Waals surface area contributed by atoms with Gasteiger partial charge in [-0.3, -0.25) is 0 Å². The van der Waals surface area contributed by atoms with Crippen LogP contribution in [0.1, 0.15) is 19.3 Å². The summed E-state index contributed by atoms with van der Waals surface area (Å²) in [5, 5.41) is 1.01. The van der Waals surface area contributed by atoms with Crippen molar-refractivity contribution in [3.05, 3.63) is 24.5 Å². The number of hydrogen-bond acceptors (Lipinski definition) is 8.